The van der Waals surface area contributed by atoms with Gasteiger partial charge in [0, 0.05) is 39.1 Å². The Morgan fingerprint density at radius 3 is 2.44 bits per heavy atom. The van der Waals surface area contributed by atoms with E-state index in [-0.39, 0.29) is 11.5 Å². The van der Waals surface area contributed by atoms with Crippen molar-refractivity contribution in [3.63, 3.8) is 0 Å². The fraction of sp³-hybridized carbons (Fsp3) is 0.208. The van der Waals surface area contributed by atoms with E-state index in [1.165, 1.54) is 76.1 Å². The normalized spacial score (nSPS) is 19.5. The molecule has 4 aromatic carbocycles. The Hall–Kier alpha value is -4.79. The zero-order valence-electron chi connectivity index (χ0n) is 30.0. The highest BCUT2D eigenvalue weighted by Crippen LogP contribution is 2.47. The van der Waals surface area contributed by atoms with Gasteiger partial charge in [0.25, 0.3) is 0 Å². The first-order chi connectivity index (χ1) is 24.3. The summed E-state index contributed by atoms with van der Waals surface area (Å²) in [5, 5.41) is 2.62. The maximum Gasteiger partial charge on any atom is 0.0503 e. The van der Waals surface area contributed by atoms with Gasteiger partial charge < -0.3 is 4.57 Å². The Morgan fingerprint density at radius 1 is 0.880 bits per heavy atom. The zero-order valence-corrected chi connectivity index (χ0v) is 30.9. The van der Waals surface area contributed by atoms with Gasteiger partial charge in [0.1, 0.15) is 0 Å². The second-order valence-electron chi connectivity index (χ2n) is 14.0. The van der Waals surface area contributed by atoms with Crippen LogP contribution in [0, 0.1) is 13.8 Å². The molecule has 2 atom stereocenters. The molecular weight excluding hydrogens is 623 g/mol. The average Bonchev–Trinajstić information content (AvgIpc) is 3.69. The van der Waals surface area contributed by atoms with Crippen LogP contribution in [0.25, 0.3) is 32.9 Å². The lowest BCUT2D eigenvalue weighted by Crippen LogP contribution is -2.22. The molecule has 0 radical (unpaired) electrons. The molecule has 1 nitrogen and oxygen atoms in total. The Kier molecular flexibility index (Phi) is 9.58. The van der Waals surface area contributed by atoms with E-state index in [2.05, 4.69) is 179 Å². The lowest BCUT2D eigenvalue weighted by Gasteiger charge is -2.31. The topological polar surface area (TPSA) is 4.93 Å². The minimum Gasteiger partial charge on any atom is -0.334 e. The highest BCUT2D eigenvalue weighted by Gasteiger charge is 2.29. The number of allylic oxidation sites excluding steroid dienone is 12. The van der Waals surface area contributed by atoms with Gasteiger partial charge in [-0.3, -0.25) is 0 Å². The van der Waals surface area contributed by atoms with Gasteiger partial charge in [-0.15, -0.1) is 0 Å². The molecule has 5 aromatic rings. The molecule has 0 saturated heterocycles. The van der Waals surface area contributed by atoms with Crippen LogP contribution in [-0.4, -0.2) is 4.57 Å². The van der Waals surface area contributed by atoms with Crippen molar-refractivity contribution in [2.24, 2.45) is 0 Å². The third-order valence-electron chi connectivity index (χ3n) is 10.6. The molecule has 2 unspecified atom stereocenters. The van der Waals surface area contributed by atoms with Gasteiger partial charge in [-0.25, -0.2) is 0 Å². The maximum absolute atomic E-state index is 3.94. The Bertz CT molecular complexity index is 2300. The van der Waals surface area contributed by atoms with Crippen molar-refractivity contribution in [2.75, 3.05) is 0 Å². The Labute approximate surface area is 302 Å². The predicted octanol–water partition coefficient (Wildman–Crippen LogP) is 13.6. The summed E-state index contributed by atoms with van der Waals surface area (Å²) in [4.78, 5) is 2.68. The molecule has 2 heterocycles. The second kappa shape index (κ2) is 14.2. The van der Waals surface area contributed by atoms with Crippen molar-refractivity contribution in [2.45, 2.75) is 65.3 Å². The molecule has 1 aliphatic heterocycles. The fourth-order valence-electron chi connectivity index (χ4n) is 7.84. The number of hydrogen-bond acceptors (Lipinski definition) is 1. The van der Waals surface area contributed by atoms with Crippen LogP contribution in [0.5, 0.6) is 0 Å². The number of thioether (sulfide) groups is 1. The van der Waals surface area contributed by atoms with E-state index in [1.807, 2.05) is 17.8 Å². The number of aryl methyl sites for hydroxylation is 3. The number of aromatic nitrogens is 1. The molecule has 50 heavy (non-hydrogen) atoms. The summed E-state index contributed by atoms with van der Waals surface area (Å²) in [6, 6.07) is 31.5. The summed E-state index contributed by atoms with van der Waals surface area (Å²) in [6.07, 6.45) is 23.3. The molecule has 0 fully saturated rings. The maximum atomic E-state index is 3.94. The number of rotatable bonds is 9. The first-order valence-corrected chi connectivity index (χ1v) is 18.8. The highest BCUT2D eigenvalue weighted by atomic mass is 32.2. The van der Waals surface area contributed by atoms with Crippen molar-refractivity contribution in [3.8, 4) is 11.1 Å². The molecule has 0 bridgehead atoms. The third kappa shape index (κ3) is 6.34. The number of nitrogens with zero attached hydrogens (tertiary/aromatic N) is 1. The number of para-hydroxylation sites is 1. The summed E-state index contributed by atoms with van der Waals surface area (Å²) in [7, 11) is 0. The van der Waals surface area contributed by atoms with Gasteiger partial charge >= 0.3 is 0 Å². The van der Waals surface area contributed by atoms with Crippen molar-refractivity contribution >= 4 is 33.6 Å². The van der Waals surface area contributed by atoms with E-state index in [0.717, 1.165) is 19.3 Å². The van der Waals surface area contributed by atoms with E-state index < -0.39 is 0 Å². The number of fused-ring (bicyclic) bond motifs is 3. The lowest BCUT2D eigenvalue weighted by atomic mass is 9.73. The molecule has 1 aliphatic carbocycles. The van der Waals surface area contributed by atoms with Crippen molar-refractivity contribution < 1.29 is 0 Å². The average molecular weight is 670 g/mol. The zero-order chi connectivity index (χ0) is 34.8. The summed E-state index contributed by atoms with van der Waals surface area (Å²) >= 11 is 1.88. The van der Waals surface area contributed by atoms with E-state index >= 15 is 0 Å². The van der Waals surface area contributed by atoms with Gasteiger partial charge in [0.05, 0.1) is 5.52 Å². The van der Waals surface area contributed by atoms with Crippen LogP contribution < -0.4 is 0 Å². The quantitative estimate of drug-likeness (QED) is 0.141. The molecular formula is C48H47NS. The molecule has 7 rings (SSSR count). The summed E-state index contributed by atoms with van der Waals surface area (Å²) < 4.78 is 2.51. The van der Waals surface area contributed by atoms with Crippen LogP contribution >= 0.6 is 11.8 Å². The SMILES string of the molecule is C=C/C=C\C1=C(C2=CCC(C)(c3ccccc3CC)C=C2)C/C(=C\C=C/C(C)n2c3ccccc3c3cc(C)c(-c4ccccc4C)cc32)S1. The van der Waals surface area contributed by atoms with Gasteiger partial charge in [-0.1, -0.05) is 148 Å². The molecule has 1 aromatic heterocycles. The van der Waals surface area contributed by atoms with Gasteiger partial charge in [0.15, 0.2) is 0 Å². The molecule has 0 spiro atoms. The summed E-state index contributed by atoms with van der Waals surface area (Å²) in [6.45, 7) is 15.3. The van der Waals surface area contributed by atoms with E-state index in [0.29, 0.717) is 0 Å². The molecule has 0 N–H and O–H groups in total. The van der Waals surface area contributed by atoms with Crippen molar-refractivity contribution in [1.82, 2.24) is 4.57 Å². The summed E-state index contributed by atoms with van der Waals surface area (Å²) in [5.41, 5.74) is 13.4. The van der Waals surface area contributed by atoms with Gasteiger partial charge in [-0.2, -0.15) is 0 Å². The van der Waals surface area contributed by atoms with E-state index in [4.69, 9.17) is 0 Å². The number of hydrogen-bond donors (Lipinski definition) is 0. The van der Waals surface area contributed by atoms with Gasteiger partial charge in [0.2, 0.25) is 0 Å². The highest BCUT2D eigenvalue weighted by molar-refractivity contribution is 8.07. The first-order valence-electron chi connectivity index (χ1n) is 18.0. The first kappa shape index (κ1) is 33.7. The van der Waals surface area contributed by atoms with Crippen LogP contribution in [0.4, 0.5) is 0 Å². The van der Waals surface area contributed by atoms with E-state index in [1.54, 1.807) is 0 Å². The van der Waals surface area contributed by atoms with E-state index in [9.17, 15) is 0 Å². The van der Waals surface area contributed by atoms with Crippen molar-refractivity contribution in [3.05, 3.63) is 189 Å². The molecule has 2 heteroatoms. The standard InChI is InChI=1S/C48H47NS/c1-7-9-25-47-42(37-26-28-48(6,29-27-37)44-23-14-11-19-36(44)8-2)31-38(50-47)20-16-18-35(5)49-45-24-15-13-22-40(45)43-30-34(4)41(32-46(43)49)39-21-12-10-17-33(39)3/h7,9-28,30,32,35H,1,8,29,31H2,2-6H3/b18-16-,25-9-,38-20+. The van der Waals surface area contributed by atoms with Gasteiger partial charge in [-0.05, 0) is 107 Å². The van der Waals surface area contributed by atoms with Crippen LogP contribution in [0.3, 0.4) is 0 Å². The Morgan fingerprint density at radius 2 is 1.66 bits per heavy atom. The molecule has 0 saturated carbocycles. The molecule has 0 amide bonds. The third-order valence-corrected chi connectivity index (χ3v) is 11.7. The lowest BCUT2D eigenvalue weighted by molar-refractivity contribution is 0.590. The van der Waals surface area contributed by atoms with Crippen LogP contribution in [0.2, 0.25) is 0 Å². The number of benzene rings is 4. The smallest absolute Gasteiger partial charge is 0.0503 e. The summed E-state index contributed by atoms with van der Waals surface area (Å²) in [5.74, 6) is 0. The molecule has 250 valence electrons. The minimum atomic E-state index is 0.0171. The minimum absolute atomic E-state index is 0.0171. The largest absolute Gasteiger partial charge is 0.334 e. The molecule has 2 aliphatic rings. The monoisotopic (exact) mass is 669 g/mol. The van der Waals surface area contributed by atoms with Crippen LogP contribution in [0.15, 0.2) is 167 Å². The van der Waals surface area contributed by atoms with Crippen molar-refractivity contribution in [1.29, 1.82) is 0 Å². The second-order valence-corrected chi connectivity index (χ2v) is 15.2. The predicted molar refractivity (Wildman–Crippen MR) is 220 cm³/mol. The van der Waals surface area contributed by atoms with Crippen LogP contribution in [0.1, 0.15) is 61.9 Å². The Balaban J connectivity index is 1.17. The van der Waals surface area contributed by atoms with Crippen LogP contribution in [-0.2, 0) is 11.8 Å². The fourth-order valence-corrected chi connectivity index (χ4v) is 8.94.